The van der Waals surface area contributed by atoms with Crippen LogP contribution >= 0.6 is 11.3 Å². The van der Waals surface area contributed by atoms with Crippen LogP contribution in [0.2, 0.25) is 0 Å². The quantitative estimate of drug-likeness (QED) is 0.874. The first kappa shape index (κ1) is 12.0. The SMILES string of the molecule is C[C@H]1CCCCN1C(=O)c1csc(C(=O)O)n1. The molecule has 0 saturated carbocycles. The van der Waals surface area contributed by atoms with Gasteiger partial charge >= 0.3 is 5.97 Å². The molecule has 0 aromatic carbocycles. The van der Waals surface area contributed by atoms with Crippen LogP contribution in [0.25, 0.3) is 0 Å². The number of carbonyl (C=O) groups excluding carboxylic acids is 1. The van der Waals surface area contributed by atoms with E-state index in [2.05, 4.69) is 4.98 Å². The molecule has 0 radical (unpaired) electrons. The molecule has 0 bridgehead atoms. The zero-order chi connectivity index (χ0) is 12.4. The summed E-state index contributed by atoms with van der Waals surface area (Å²) in [4.78, 5) is 28.5. The fraction of sp³-hybridized carbons (Fsp3) is 0.545. The Hall–Kier alpha value is -1.43. The van der Waals surface area contributed by atoms with Crippen LogP contribution in [0.4, 0.5) is 0 Å². The zero-order valence-electron chi connectivity index (χ0n) is 9.55. The second-order valence-electron chi connectivity index (χ2n) is 4.19. The van der Waals surface area contributed by atoms with Crippen LogP contribution in [0.3, 0.4) is 0 Å². The standard InChI is InChI=1S/C11H14N2O3S/c1-7-4-2-3-5-13(7)10(14)8-6-17-9(12-8)11(15)16/h6-7H,2-5H2,1H3,(H,15,16)/t7-/m0/s1. The van der Waals surface area contributed by atoms with Gasteiger partial charge < -0.3 is 10.0 Å². The maximum absolute atomic E-state index is 12.1. The van der Waals surface area contributed by atoms with Crippen molar-refractivity contribution in [3.05, 3.63) is 16.1 Å². The van der Waals surface area contributed by atoms with Crippen molar-refractivity contribution in [1.82, 2.24) is 9.88 Å². The number of hydrogen-bond acceptors (Lipinski definition) is 4. The number of rotatable bonds is 2. The Morgan fingerprint density at radius 3 is 2.88 bits per heavy atom. The lowest BCUT2D eigenvalue weighted by Crippen LogP contribution is -2.42. The van der Waals surface area contributed by atoms with E-state index < -0.39 is 5.97 Å². The molecule has 1 fully saturated rings. The number of aromatic nitrogens is 1. The van der Waals surface area contributed by atoms with E-state index in [9.17, 15) is 9.59 Å². The molecule has 1 aliphatic heterocycles. The van der Waals surface area contributed by atoms with E-state index in [4.69, 9.17) is 5.11 Å². The number of hydrogen-bond donors (Lipinski definition) is 1. The predicted molar refractivity (Wildman–Crippen MR) is 63.4 cm³/mol. The predicted octanol–water partition coefficient (Wildman–Crippen LogP) is 1.86. The van der Waals surface area contributed by atoms with Gasteiger partial charge in [0.2, 0.25) is 5.01 Å². The molecule has 1 aliphatic rings. The molecular formula is C11H14N2O3S. The summed E-state index contributed by atoms with van der Waals surface area (Å²) in [5.41, 5.74) is 0.251. The average Bonchev–Trinajstić information content (AvgIpc) is 2.78. The second kappa shape index (κ2) is 4.83. The van der Waals surface area contributed by atoms with Crippen molar-refractivity contribution >= 4 is 23.2 Å². The van der Waals surface area contributed by atoms with E-state index in [1.807, 2.05) is 6.92 Å². The molecule has 1 saturated heterocycles. The van der Waals surface area contributed by atoms with Gasteiger partial charge in [0.1, 0.15) is 5.69 Å². The first-order valence-corrected chi connectivity index (χ1v) is 6.47. The van der Waals surface area contributed by atoms with Crippen molar-refractivity contribution in [2.24, 2.45) is 0 Å². The van der Waals surface area contributed by atoms with Crippen LogP contribution < -0.4 is 0 Å². The molecule has 1 aromatic rings. The molecule has 0 aliphatic carbocycles. The van der Waals surface area contributed by atoms with Gasteiger partial charge in [0, 0.05) is 18.0 Å². The summed E-state index contributed by atoms with van der Waals surface area (Å²) >= 11 is 0.993. The maximum atomic E-state index is 12.1. The van der Waals surface area contributed by atoms with Crippen molar-refractivity contribution in [3.8, 4) is 0 Å². The normalized spacial score (nSPS) is 20.3. The third kappa shape index (κ3) is 2.46. The second-order valence-corrected chi connectivity index (χ2v) is 5.04. The number of piperidine rings is 1. The number of nitrogens with zero attached hydrogens (tertiary/aromatic N) is 2. The summed E-state index contributed by atoms with van der Waals surface area (Å²) in [6.07, 6.45) is 3.15. The fourth-order valence-corrected chi connectivity index (χ4v) is 2.65. The van der Waals surface area contributed by atoms with Crippen LogP contribution in [0, 0.1) is 0 Å². The Labute approximate surface area is 103 Å². The summed E-state index contributed by atoms with van der Waals surface area (Å²) in [6.45, 7) is 2.75. The third-order valence-corrected chi connectivity index (χ3v) is 3.80. The summed E-state index contributed by atoms with van der Waals surface area (Å²) in [7, 11) is 0. The molecular weight excluding hydrogens is 240 g/mol. The highest BCUT2D eigenvalue weighted by atomic mass is 32.1. The highest BCUT2D eigenvalue weighted by Gasteiger charge is 2.26. The van der Waals surface area contributed by atoms with Crippen LogP contribution in [0.15, 0.2) is 5.38 Å². The van der Waals surface area contributed by atoms with E-state index in [-0.39, 0.29) is 22.7 Å². The first-order valence-electron chi connectivity index (χ1n) is 5.59. The van der Waals surface area contributed by atoms with Gasteiger partial charge in [-0.3, -0.25) is 4.79 Å². The molecule has 92 valence electrons. The monoisotopic (exact) mass is 254 g/mol. The van der Waals surface area contributed by atoms with Gasteiger partial charge in [-0.05, 0) is 26.2 Å². The van der Waals surface area contributed by atoms with Gasteiger partial charge in [0.05, 0.1) is 0 Å². The number of thiazole rings is 1. The van der Waals surface area contributed by atoms with Gasteiger partial charge in [0.25, 0.3) is 5.91 Å². The fourth-order valence-electron chi connectivity index (χ4n) is 2.02. The molecule has 0 spiro atoms. The smallest absolute Gasteiger partial charge is 0.365 e. The Kier molecular flexibility index (Phi) is 3.42. The van der Waals surface area contributed by atoms with Gasteiger partial charge in [-0.15, -0.1) is 11.3 Å². The van der Waals surface area contributed by atoms with Gasteiger partial charge in [-0.25, -0.2) is 9.78 Å². The van der Waals surface area contributed by atoms with Gasteiger partial charge in [-0.1, -0.05) is 0 Å². The molecule has 2 rings (SSSR count). The highest BCUT2D eigenvalue weighted by Crippen LogP contribution is 2.20. The van der Waals surface area contributed by atoms with E-state index in [0.29, 0.717) is 0 Å². The molecule has 6 heteroatoms. The average molecular weight is 254 g/mol. The van der Waals surface area contributed by atoms with Crippen LogP contribution in [0.1, 0.15) is 46.5 Å². The number of carbonyl (C=O) groups is 2. The van der Waals surface area contributed by atoms with Gasteiger partial charge in [0.15, 0.2) is 0 Å². The lowest BCUT2D eigenvalue weighted by Gasteiger charge is -2.32. The molecule has 1 aromatic heterocycles. The summed E-state index contributed by atoms with van der Waals surface area (Å²) < 4.78 is 0. The Bertz CT molecular complexity index is 444. The Morgan fingerprint density at radius 2 is 2.29 bits per heavy atom. The van der Waals surface area contributed by atoms with Crippen molar-refractivity contribution in [2.75, 3.05) is 6.54 Å². The summed E-state index contributed by atoms with van der Waals surface area (Å²) in [5.74, 6) is -1.23. The number of amides is 1. The van der Waals surface area contributed by atoms with Crippen LogP contribution in [0.5, 0.6) is 0 Å². The minimum absolute atomic E-state index is 0.0296. The first-order chi connectivity index (χ1) is 8.09. The highest BCUT2D eigenvalue weighted by molar-refractivity contribution is 7.11. The molecule has 0 unspecified atom stereocenters. The van der Waals surface area contributed by atoms with E-state index >= 15 is 0 Å². The molecule has 1 amide bonds. The summed E-state index contributed by atoms with van der Waals surface area (Å²) in [6, 6.07) is 0.214. The topological polar surface area (TPSA) is 70.5 Å². The van der Waals surface area contributed by atoms with Crippen molar-refractivity contribution in [1.29, 1.82) is 0 Å². The minimum atomic E-state index is -1.08. The third-order valence-electron chi connectivity index (χ3n) is 2.97. The van der Waals surface area contributed by atoms with Crippen molar-refractivity contribution < 1.29 is 14.7 Å². The van der Waals surface area contributed by atoms with Crippen LogP contribution in [-0.4, -0.2) is 39.5 Å². The van der Waals surface area contributed by atoms with E-state index in [1.54, 1.807) is 4.90 Å². The van der Waals surface area contributed by atoms with Crippen molar-refractivity contribution in [3.63, 3.8) is 0 Å². The number of likely N-dealkylation sites (tertiary alicyclic amines) is 1. The zero-order valence-corrected chi connectivity index (χ0v) is 10.4. The molecule has 1 N–H and O–H groups in total. The number of aromatic carboxylic acids is 1. The Morgan fingerprint density at radius 1 is 1.53 bits per heavy atom. The lowest BCUT2D eigenvalue weighted by molar-refractivity contribution is 0.0630. The molecule has 17 heavy (non-hydrogen) atoms. The minimum Gasteiger partial charge on any atom is -0.476 e. The molecule has 2 heterocycles. The van der Waals surface area contributed by atoms with Crippen LogP contribution in [-0.2, 0) is 0 Å². The molecule has 1 atom stereocenters. The molecule has 5 nitrogen and oxygen atoms in total. The lowest BCUT2D eigenvalue weighted by atomic mass is 10.0. The van der Waals surface area contributed by atoms with Gasteiger partial charge in [-0.2, -0.15) is 0 Å². The number of carboxylic acids is 1. The largest absolute Gasteiger partial charge is 0.476 e. The van der Waals surface area contributed by atoms with E-state index in [0.717, 1.165) is 37.1 Å². The van der Waals surface area contributed by atoms with Crippen molar-refractivity contribution in [2.45, 2.75) is 32.2 Å². The Balaban J connectivity index is 2.15. The van der Waals surface area contributed by atoms with E-state index in [1.165, 1.54) is 5.38 Å². The summed E-state index contributed by atoms with van der Waals surface area (Å²) in [5, 5.41) is 10.3. The maximum Gasteiger partial charge on any atom is 0.365 e. The number of carboxylic acid groups (broad SMARTS) is 1.